The minimum atomic E-state index is -1.37. The number of amides is 5. The minimum Gasteiger partial charge on any atom is -0.508 e. The highest BCUT2D eigenvalue weighted by molar-refractivity contribution is 5.95. The lowest BCUT2D eigenvalue weighted by molar-refractivity contribution is -0.143. The van der Waals surface area contributed by atoms with Crippen molar-refractivity contribution in [1.82, 2.24) is 16.0 Å². The van der Waals surface area contributed by atoms with Gasteiger partial charge in [-0.1, -0.05) is 32.4 Å². The molecule has 5 amide bonds. The zero-order chi connectivity index (χ0) is 29.0. The number of phenols is 1. The maximum Gasteiger partial charge on any atom is 0.326 e. The summed E-state index contributed by atoms with van der Waals surface area (Å²) in [5.41, 5.74) is 16.4. The number of primary amides is 2. The van der Waals surface area contributed by atoms with Gasteiger partial charge in [-0.2, -0.15) is 0 Å². The van der Waals surface area contributed by atoms with E-state index in [0.717, 1.165) is 0 Å². The molecule has 0 heterocycles. The Morgan fingerprint density at radius 2 is 1.42 bits per heavy atom. The molecule has 14 heteroatoms. The number of aliphatic carboxylic acids is 1. The highest BCUT2D eigenvalue weighted by Crippen LogP contribution is 2.13. The van der Waals surface area contributed by atoms with Gasteiger partial charge in [0.25, 0.3) is 0 Å². The van der Waals surface area contributed by atoms with Gasteiger partial charge in [-0.15, -0.1) is 0 Å². The third-order valence-corrected chi connectivity index (χ3v) is 5.86. The Morgan fingerprint density at radius 3 is 1.92 bits per heavy atom. The molecule has 0 aliphatic rings. The van der Waals surface area contributed by atoms with Crippen LogP contribution in [0.1, 0.15) is 45.1 Å². The fourth-order valence-corrected chi connectivity index (χ4v) is 3.43. The van der Waals surface area contributed by atoms with E-state index in [4.69, 9.17) is 17.2 Å². The molecule has 14 nitrogen and oxygen atoms in total. The summed E-state index contributed by atoms with van der Waals surface area (Å²) in [4.78, 5) is 72.9. The van der Waals surface area contributed by atoms with Crippen molar-refractivity contribution in [1.29, 1.82) is 0 Å². The Labute approximate surface area is 219 Å². The summed E-state index contributed by atoms with van der Waals surface area (Å²) >= 11 is 0. The van der Waals surface area contributed by atoms with E-state index in [1.54, 1.807) is 13.8 Å². The standard InChI is InChI=1S/C24H36N6O8/c1-3-12(2)20(24(37)38)30-23(36)17(10-13-4-6-14(31)7-5-13)29-22(35)16(8-9-18(26)32)28-21(34)15(25)11-19(27)33/h4-7,12,15-17,20,31H,3,8-11,25H2,1-2H3,(H2,26,32)(H2,27,33)(H,28,34)(H,29,35)(H,30,36)(H,37,38). The molecule has 0 radical (unpaired) electrons. The number of nitrogens with two attached hydrogens (primary N) is 3. The highest BCUT2D eigenvalue weighted by atomic mass is 16.4. The number of phenolic OH excluding ortho intramolecular Hbond substituents is 1. The van der Waals surface area contributed by atoms with Crippen LogP contribution >= 0.6 is 0 Å². The number of hydrogen-bond acceptors (Lipinski definition) is 8. The lowest BCUT2D eigenvalue weighted by Gasteiger charge is -2.26. The van der Waals surface area contributed by atoms with E-state index in [0.29, 0.717) is 12.0 Å². The number of benzene rings is 1. The first-order valence-corrected chi connectivity index (χ1v) is 12.0. The zero-order valence-electron chi connectivity index (χ0n) is 21.3. The summed E-state index contributed by atoms with van der Waals surface area (Å²) < 4.78 is 0. The molecule has 0 aliphatic heterocycles. The molecule has 1 rings (SSSR count). The average molecular weight is 537 g/mol. The molecule has 5 atom stereocenters. The predicted octanol–water partition coefficient (Wildman–Crippen LogP) is -2.01. The number of rotatable bonds is 16. The SMILES string of the molecule is CCC(C)C(NC(=O)C(Cc1ccc(O)cc1)NC(=O)C(CCC(N)=O)NC(=O)C(N)CC(N)=O)C(=O)O. The summed E-state index contributed by atoms with van der Waals surface area (Å²) in [5.74, 6) is -5.86. The predicted molar refractivity (Wildman–Crippen MR) is 135 cm³/mol. The smallest absolute Gasteiger partial charge is 0.326 e. The van der Waals surface area contributed by atoms with Gasteiger partial charge in [0.2, 0.25) is 29.5 Å². The first-order chi connectivity index (χ1) is 17.7. The van der Waals surface area contributed by atoms with Crippen molar-refractivity contribution in [3.63, 3.8) is 0 Å². The molecule has 0 saturated heterocycles. The van der Waals surface area contributed by atoms with E-state index in [1.807, 2.05) is 0 Å². The summed E-state index contributed by atoms with van der Waals surface area (Å²) in [7, 11) is 0. The van der Waals surface area contributed by atoms with Crippen LogP contribution in [0.2, 0.25) is 0 Å². The van der Waals surface area contributed by atoms with Crippen molar-refractivity contribution < 1.29 is 39.0 Å². The fourth-order valence-electron chi connectivity index (χ4n) is 3.43. The van der Waals surface area contributed by atoms with Crippen LogP contribution in [0.25, 0.3) is 0 Å². The molecular formula is C24H36N6O8. The third-order valence-electron chi connectivity index (χ3n) is 5.86. The van der Waals surface area contributed by atoms with Crippen molar-refractivity contribution in [3.05, 3.63) is 29.8 Å². The van der Waals surface area contributed by atoms with Crippen LogP contribution in [0.4, 0.5) is 0 Å². The second-order valence-electron chi connectivity index (χ2n) is 8.98. The van der Waals surface area contributed by atoms with Crippen molar-refractivity contribution in [2.24, 2.45) is 23.1 Å². The average Bonchev–Trinajstić information content (AvgIpc) is 2.84. The van der Waals surface area contributed by atoms with Crippen LogP contribution < -0.4 is 33.2 Å². The van der Waals surface area contributed by atoms with Crippen LogP contribution in [0.3, 0.4) is 0 Å². The number of nitrogens with one attached hydrogen (secondary N) is 3. The maximum atomic E-state index is 13.2. The topological polar surface area (TPSA) is 257 Å². The summed E-state index contributed by atoms with van der Waals surface area (Å²) in [6.07, 6.45) is -0.669. The lowest BCUT2D eigenvalue weighted by Crippen LogP contribution is -2.58. The van der Waals surface area contributed by atoms with E-state index in [9.17, 15) is 39.0 Å². The molecule has 11 N–H and O–H groups in total. The fraction of sp³-hybridized carbons (Fsp3) is 0.500. The molecule has 1 aromatic rings. The van der Waals surface area contributed by atoms with E-state index >= 15 is 0 Å². The van der Waals surface area contributed by atoms with E-state index in [-0.39, 0.29) is 25.0 Å². The van der Waals surface area contributed by atoms with Crippen molar-refractivity contribution in [2.45, 2.75) is 70.1 Å². The summed E-state index contributed by atoms with van der Waals surface area (Å²) in [6, 6.07) is 0.519. The number of hydrogen-bond donors (Lipinski definition) is 8. The Bertz CT molecular complexity index is 1020. The van der Waals surface area contributed by atoms with Gasteiger partial charge in [0.05, 0.1) is 12.5 Å². The minimum absolute atomic E-state index is 0.0250. The van der Waals surface area contributed by atoms with Gasteiger partial charge in [-0.05, 0) is 30.0 Å². The molecule has 0 spiro atoms. The number of carboxylic acids is 1. The Hall–Kier alpha value is -4.20. The van der Waals surface area contributed by atoms with Crippen LogP contribution in [0.15, 0.2) is 24.3 Å². The van der Waals surface area contributed by atoms with Gasteiger partial charge in [0.1, 0.15) is 23.9 Å². The summed E-state index contributed by atoms with van der Waals surface area (Å²) in [6.45, 7) is 3.41. The second kappa shape index (κ2) is 15.1. The molecule has 38 heavy (non-hydrogen) atoms. The van der Waals surface area contributed by atoms with Gasteiger partial charge in [0, 0.05) is 12.8 Å². The summed E-state index contributed by atoms with van der Waals surface area (Å²) in [5, 5.41) is 26.4. The Balaban J connectivity index is 3.21. The van der Waals surface area contributed by atoms with Gasteiger partial charge in [-0.25, -0.2) is 4.79 Å². The quantitative estimate of drug-likeness (QED) is 0.116. The van der Waals surface area contributed by atoms with E-state index in [1.165, 1.54) is 24.3 Å². The Kier molecular flexibility index (Phi) is 12.7. The number of carbonyl (C=O) groups excluding carboxylic acids is 5. The normalized spacial score (nSPS) is 14.7. The largest absolute Gasteiger partial charge is 0.508 e. The molecule has 0 aliphatic carbocycles. The highest BCUT2D eigenvalue weighted by Gasteiger charge is 2.32. The number of carboxylic acid groups (broad SMARTS) is 1. The molecule has 0 fully saturated rings. The molecule has 0 aromatic heterocycles. The van der Waals surface area contributed by atoms with Gasteiger partial charge >= 0.3 is 5.97 Å². The molecule has 1 aromatic carbocycles. The zero-order valence-corrected chi connectivity index (χ0v) is 21.3. The monoisotopic (exact) mass is 536 g/mol. The van der Waals surface area contributed by atoms with E-state index in [2.05, 4.69) is 16.0 Å². The van der Waals surface area contributed by atoms with Gasteiger partial charge < -0.3 is 43.4 Å². The molecule has 5 unspecified atom stereocenters. The van der Waals surface area contributed by atoms with Crippen molar-refractivity contribution in [2.75, 3.05) is 0 Å². The Morgan fingerprint density at radius 1 is 0.868 bits per heavy atom. The first kappa shape index (κ1) is 31.8. The molecule has 0 saturated carbocycles. The van der Waals surface area contributed by atoms with Gasteiger partial charge in [0.15, 0.2) is 0 Å². The van der Waals surface area contributed by atoms with Crippen molar-refractivity contribution >= 4 is 35.5 Å². The number of aromatic hydroxyl groups is 1. The van der Waals surface area contributed by atoms with Crippen LogP contribution in [-0.2, 0) is 35.2 Å². The maximum absolute atomic E-state index is 13.2. The van der Waals surface area contributed by atoms with Crippen molar-refractivity contribution in [3.8, 4) is 5.75 Å². The number of carbonyl (C=O) groups is 6. The molecule has 210 valence electrons. The van der Waals surface area contributed by atoms with Crippen LogP contribution in [0.5, 0.6) is 5.75 Å². The first-order valence-electron chi connectivity index (χ1n) is 12.0. The van der Waals surface area contributed by atoms with E-state index < -0.39 is 72.0 Å². The molecule has 0 bridgehead atoms. The van der Waals surface area contributed by atoms with Crippen LogP contribution in [0, 0.1) is 5.92 Å². The lowest BCUT2D eigenvalue weighted by atomic mass is 9.98. The molecular weight excluding hydrogens is 500 g/mol. The van der Waals surface area contributed by atoms with Gasteiger partial charge in [-0.3, -0.25) is 24.0 Å². The van der Waals surface area contributed by atoms with Crippen LogP contribution in [-0.4, -0.2) is 69.9 Å². The second-order valence-corrected chi connectivity index (χ2v) is 8.98. The third kappa shape index (κ3) is 10.8.